The second kappa shape index (κ2) is 3.55. The second-order valence-corrected chi connectivity index (χ2v) is 2.83. The summed E-state index contributed by atoms with van der Waals surface area (Å²) in [4.78, 5) is 0. The fraction of sp³-hybridized carbons (Fsp3) is 0.500. The Kier molecular flexibility index (Phi) is 2.68. The predicted octanol–water partition coefficient (Wildman–Crippen LogP) is 1.02. The molecule has 0 aliphatic rings. The van der Waals surface area contributed by atoms with E-state index < -0.39 is 0 Å². The maximum absolute atomic E-state index is 5.77. The van der Waals surface area contributed by atoms with E-state index in [1.807, 2.05) is 19.1 Å². The van der Waals surface area contributed by atoms with E-state index in [1.165, 1.54) is 0 Å². The molecule has 0 spiro atoms. The van der Waals surface area contributed by atoms with Gasteiger partial charge in [0.1, 0.15) is 5.76 Å². The summed E-state index contributed by atoms with van der Waals surface area (Å²) in [5.74, 6) is 0.808. The van der Waals surface area contributed by atoms with Crippen LogP contribution in [0.1, 0.15) is 25.1 Å². The molecule has 0 fully saturated rings. The second-order valence-electron chi connectivity index (χ2n) is 2.83. The molecule has 1 aromatic rings. The molecule has 0 saturated heterocycles. The van der Waals surface area contributed by atoms with Gasteiger partial charge in [-0.15, -0.1) is 0 Å². The van der Waals surface area contributed by atoms with Gasteiger partial charge in [-0.2, -0.15) is 0 Å². The van der Waals surface area contributed by atoms with Gasteiger partial charge in [-0.1, -0.05) is 0 Å². The van der Waals surface area contributed by atoms with Crippen molar-refractivity contribution in [3.8, 4) is 0 Å². The van der Waals surface area contributed by atoms with Gasteiger partial charge >= 0.3 is 0 Å². The molecule has 0 bridgehead atoms. The monoisotopic (exact) mass is 154 g/mol. The summed E-state index contributed by atoms with van der Waals surface area (Å²) >= 11 is 0. The maximum atomic E-state index is 5.77. The van der Waals surface area contributed by atoms with Crippen LogP contribution in [0.25, 0.3) is 0 Å². The van der Waals surface area contributed by atoms with Crippen LogP contribution in [0.4, 0.5) is 0 Å². The Labute approximate surface area is 66.4 Å². The van der Waals surface area contributed by atoms with Crippen molar-refractivity contribution in [3.05, 3.63) is 24.2 Å². The topological polar surface area (TPSA) is 65.2 Å². The summed E-state index contributed by atoms with van der Waals surface area (Å²) in [5, 5.41) is 0. The highest BCUT2D eigenvalue weighted by Crippen LogP contribution is 2.14. The summed E-state index contributed by atoms with van der Waals surface area (Å²) in [7, 11) is 0. The van der Waals surface area contributed by atoms with Gasteiger partial charge in [0.2, 0.25) is 0 Å². The Morgan fingerprint density at radius 1 is 1.55 bits per heavy atom. The van der Waals surface area contributed by atoms with Crippen molar-refractivity contribution in [2.45, 2.75) is 25.4 Å². The summed E-state index contributed by atoms with van der Waals surface area (Å²) < 4.78 is 5.12. The normalized spacial score (nSPS) is 16.3. The fourth-order valence-electron chi connectivity index (χ4n) is 1.02. The molecular weight excluding hydrogens is 140 g/mol. The molecule has 0 aromatic carbocycles. The zero-order chi connectivity index (χ0) is 8.27. The Balaban J connectivity index is 2.49. The van der Waals surface area contributed by atoms with Crippen molar-refractivity contribution in [1.82, 2.24) is 0 Å². The minimum Gasteiger partial charge on any atom is -0.468 e. The van der Waals surface area contributed by atoms with Gasteiger partial charge in [-0.25, -0.2) is 0 Å². The number of hydrogen-bond acceptors (Lipinski definition) is 3. The lowest BCUT2D eigenvalue weighted by atomic mass is 10.1. The van der Waals surface area contributed by atoms with Gasteiger partial charge < -0.3 is 15.9 Å². The van der Waals surface area contributed by atoms with Crippen molar-refractivity contribution in [3.63, 3.8) is 0 Å². The lowest BCUT2D eigenvalue weighted by Gasteiger charge is -2.10. The van der Waals surface area contributed by atoms with E-state index >= 15 is 0 Å². The molecule has 2 atom stereocenters. The first-order chi connectivity index (χ1) is 5.20. The van der Waals surface area contributed by atoms with Crippen LogP contribution in [0, 0.1) is 0 Å². The quantitative estimate of drug-likeness (QED) is 0.683. The fourth-order valence-corrected chi connectivity index (χ4v) is 1.02. The molecule has 3 heteroatoms. The third-order valence-electron chi connectivity index (χ3n) is 1.53. The molecule has 4 N–H and O–H groups in total. The molecular formula is C8H14N2O. The van der Waals surface area contributed by atoms with Crippen molar-refractivity contribution < 1.29 is 4.42 Å². The van der Waals surface area contributed by atoms with Crippen LogP contribution in [-0.4, -0.2) is 6.04 Å². The highest BCUT2D eigenvalue weighted by atomic mass is 16.3. The minimum absolute atomic E-state index is 0.0648. The van der Waals surface area contributed by atoms with Crippen LogP contribution in [0.2, 0.25) is 0 Å². The number of rotatable bonds is 3. The van der Waals surface area contributed by atoms with Crippen molar-refractivity contribution in [1.29, 1.82) is 0 Å². The standard InChI is InChI=1S/C8H14N2O/c1-6(9)5-7(10)8-3-2-4-11-8/h2-4,6-7H,5,9-10H2,1H3. The van der Waals surface area contributed by atoms with E-state index in [0.29, 0.717) is 0 Å². The molecule has 62 valence electrons. The molecule has 0 radical (unpaired) electrons. The van der Waals surface area contributed by atoms with E-state index in [0.717, 1.165) is 12.2 Å². The molecule has 1 aromatic heterocycles. The number of furan rings is 1. The lowest BCUT2D eigenvalue weighted by molar-refractivity contribution is 0.436. The van der Waals surface area contributed by atoms with Crippen LogP contribution >= 0.6 is 0 Å². The first-order valence-electron chi connectivity index (χ1n) is 3.74. The zero-order valence-corrected chi connectivity index (χ0v) is 6.66. The van der Waals surface area contributed by atoms with Crippen LogP contribution in [0.15, 0.2) is 22.8 Å². The SMILES string of the molecule is CC(N)CC(N)c1ccco1. The van der Waals surface area contributed by atoms with E-state index in [1.54, 1.807) is 6.26 Å². The third kappa shape index (κ3) is 2.37. The molecule has 1 rings (SSSR count). The molecule has 0 amide bonds. The zero-order valence-electron chi connectivity index (χ0n) is 6.66. The van der Waals surface area contributed by atoms with Crippen molar-refractivity contribution in [2.24, 2.45) is 11.5 Å². The van der Waals surface area contributed by atoms with Gasteiger partial charge in [0.05, 0.1) is 12.3 Å². The summed E-state index contributed by atoms with van der Waals surface area (Å²) in [6, 6.07) is 3.75. The van der Waals surface area contributed by atoms with Crippen LogP contribution < -0.4 is 11.5 Å². The lowest BCUT2D eigenvalue weighted by Crippen LogP contribution is -2.22. The average molecular weight is 154 g/mol. The van der Waals surface area contributed by atoms with E-state index in [4.69, 9.17) is 15.9 Å². The maximum Gasteiger partial charge on any atom is 0.120 e. The first-order valence-corrected chi connectivity index (χ1v) is 3.74. The van der Waals surface area contributed by atoms with Gasteiger partial charge in [-0.3, -0.25) is 0 Å². The van der Waals surface area contributed by atoms with Gasteiger partial charge in [0.15, 0.2) is 0 Å². The van der Waals surface area contributed by atoms with Gasteiger partial charge in [0, 0.05) is 6.04 Å². The minimum atomic E-state index is -0.0648. The Bertz CT molecular complexity index is 194. The molecule has 3 nitrogen and oxygen atoms in total. The Hall–Kier alpha value is -0.800. The Morgan fingerprint density at radius 2 is 2.27 bits per heavy atom. The first kappa shape index (κ1) is 8.30. The Morgan fingerprint density at radius 3 is 2.73 bits per heavy atom. The number of nitrogens with two attached hydrogens (primary N) is 2. The van der Waals surface area contributed by atoms with E-state index in [-0.39, 0.29) is 12.1 Å². The van der Waals surface area contributed by atoms with Gasteiger partial charge in [0.25, 0.3) is 0 Å². The van der Waals surface area contributed by atoms with Crippen molar-refractivity contribution >= 4 is 0 Å². The van der Waals surface area contributed by atoms with Crippen LogP contribution in [0.3, 0.4) is 0 Å². The predicted molar refractivity (Wildman–Crippen MR) is 43.9 cm³/mol. The highest BCUT2D eigenvalue weighted by molar-refractivity contribution is 5.03. The van der Waals surface area contributed by atoms with Crippen LogP contribution in [0.5, 0.6) is 0 Å². The summed E-state index contributed by atoms with van der Waals surface area (Å²) in [6.45, 7) is 1.93. The summed E-state index contributed by atoms with van der Waals surface area (Å²) in [5.41, 5.74) is 11.3. The summed E-state index contributed by atoms with van der Waals surface area (Å²) in [6.07, 6.45) is 2.38. The number of hydrogen-bond donors (Lipinski definition) is 2. The molecule has 11 heavy (non-hydrogen) atoms. The third-order valence-corrected chi connectivity index (χ3v) is 1.53. The highest BCUT2D eigenvalue weighted by Gasteiger charge is 2.09. The van der Waals surface area contributed by atoms with Gasteiger partial charge in [-0.05, 0) is 25.5 Å². The molecule has 0 saturated carbocycles. The largest absolute Gasteiger partial charge is 0.468 e. The smallest absolute Gasteiger partial charge is 0.120 e. The van der Waals surface area contributed by atoms with E-state index in [2.05, 4.69) is 0 Å². The van der Waals surface area contributed by atoms with Crippen LogP contribution in [-0.2, 0) is 0 Å². The molecule has 2 unspecified atom stereocenters. The van der Waals surface area contributed by atoms with E-state index in [9.17, 15) is 0 Å². The molecule has 1 heterocycles. The molecule has 0 aliphatic heterocycles. The average Bonchev–Trinajstić information content (AvgIpc) is 2.35. The molecule has 0 aliphatic carbocycles. The van der Waals surface area contributed by atoms with Crippen molar-refractivity contribution in [2.75, 3.05) is 0 Å².